The van der Waals surface area contributed by atoms with Crippen molar-refractivity contribution in [2.75, 3.05) is 0 Å². The average molecular weight is 160 g/mol. The molecule has 1 rings (SSSR count). The third-order valence-corrected chi connectivity index (χ3v) is 1.79. The van der Waals surface area contributed by atoms with Crippen LogP contribution in [0.3, 0.4) is 0 Å². The number of carbonyl (C=O) groups excluding carboxylic acids is 1. The summed E-state index contributed by atoms with van der Waals surface area (Å²) in [5, 5.41) is 0. The number of carbonyl (C=O) groups is 1. The van der Waals surface area contributed by atoms with Crippen LogP contribution in [-0.4, -0.2) is 6.29 Å². The average Bonchev–Trinajstić information content (AvgIpc) is 2.07. The van der Waals surface area contributed by atoms with Crippen LogP contribution < -0.4 is 0 Å². The van der Waals surface area contributed by atoms with E-state index < -0.39 is 0 Å². The number of allylic oxidation sites excluding steroid dienone is 2. The van der Waals surface area contributed by atoms with E-state index in [1.807, 2.05) is 44.2 Å². The summed E-state index contributed by atoms with van der Waals surface area (Å²) in [6.07, 6.45) is 2.70. The van der Waals surface area contributed by atoms with Crippen LogP contribution >= 0.6 is 0 Å². The molecule has 0 aromatic heterocycles. The molecule has 0 N–H and O–H groups in total. The van der Waals surface area contributed by atoms with E-state index in [9.17, 15) is 4.79 Å². The van der Waals surface area contributed by atoms with Crippen molar-refractivity contribution in [3.8, 4) is 0 Å². The summed E-state index contributed by atoms with van der Waals surface area (Å²) < 4.78 is 0. The Morgan fingerprint density at radius 2 is 2.17 bits per heavy atom. The Kier molecular flexibility index (Phi) is 2.81. The fraction of sp³-hybridized carbons (Fsp3) is 0.182. The maximum Gasteiger partial charge on any atom is 0.150 e. The zero-order valence-corrected chi connectivity index (χ0v) is 7.37. The van der Waals surface area contributed by atoms with Gasteiger partial charge in [-0.25, -0.2) is 0 Å². The maximum atomic E-state index is 10.6. The third kappa shape index (κ3) is 1.82. The number of hydrogen-bond donors (Lipinski definition) is 0. The number of aldehydes is 1. The Labute approximate surface area is 72.7 Å². The lowest BCUT2D eigenvalue weighted by Gasteiger charge is -1.99. The fourth-order valence-corrected chi connectivity index (χ4v) is 1.13. The molecule has 0 fully saturated rings. The maximum absolute atomic E-state index is 10.6. The van der Waals surface area contributed by atoms with Crippen LogP contribution in [0.5, 0.6) is 0 Å². The molecular formula is C11H12O. The molecule has 0 saturated heterocycles. The van der Waals surface area contributed by atoms with Crippen molar-refractivity contribution in [3.63, 3.8) is 0 Å². The zero-order valence-electron chi connectivity index (χ0n) is 7.37. The monoisotopic (exact) mass is 160 g/mol. The number of benzene rings is 1. The van der Waals surface area contributed by atoms with E-state index in [4.69, 9.17) is 0 Å². The molecule has 1 aromatic carbocycles. The summed E-state index contributed by atoms with van der Waals surface area (Å²) in [6.45, 7) is 3.88. The molecule has 0 unspecified atom stereocenters. The first-order valence-corrected chi connectivity index (χ1v) is 3.96. The van der Waals surface area contributed by atoms with Crippen LogP contribution in [0.25, 0.3) is 5.57 Å². The molecule has 0 amide bonds. The molecule has 12 heavy (non-hydrogen) atoms. The smallest absolute Gasteiger partial charge is 0.150 e. The SMILES string of the molecule is C/C=C(/C=O)c1cccc(C)c1. The van der Waals surface area contributed by atoms with Crippen molar-refractivity contribution in [1.82, 2.24) is 0 Å². The number of rotatable bonds is 2. The van der Waals surface area contributed by atoms with Crippen LogP contribution in [0.15, 0.2) is 30.3 Å². The molecule has 0 aliphatic heterocycles. The summed E-state index contributed by atoms with van der Waals surface area (Å²) >= 11 is 0. The van der Waals surface area contributed by atoms with E-state index in [0.717, 1.165) is 17.4 Å². The molecule has 1 heteroatoms. The van der Waals surface area contributed by atoms with Crippen LogP contribution in [0.1, 0.15) is 18.1 Å². The van der Waals surface area contributed by atoms with Crippen molar-refractivity contribution in [2.24, 2.45) is 0 Å². The molecule has 0 radical (unpaired) electrons. The summed E-state index contributed by atoms with van der Waals surface area (Å²) in [4.78, 5) is 10.6. The Balaban J connectivity index is 3.10. The molecule has 0 atom stereocenters. The zero-order chi connectivity index (χ0) is 8.97. The highest BCUT2D eigenvalue weighted by atomic mass is 16.1. The molecule has 0 heterocycles. The van der Waals surface area contributed by atoms with Gasteiger partial charge in [-0.1, -0.05) is 35.9 Å². The largest absolute Gasteiger partial charge is 0.298 e. The van der Waals surface area contributed by atoms with Gasteiger partial charge in [-0.15, -0.1) is 0 Å². The molecule has 0 saturated carbocycles. The number of hydrogen-bond acceptors (Lipinski definition) is 1. The van der Waals surface area contributed by atoms with Crippen molar-refractivity contribution in [1.29, 1.82) is 0 Å². The standard InChI is InChI=1S/C11H12O/c1-3-10(8-12)11-6-4-5-9(2)7-11/h3-8H,1-2H3/b10-3-. The normalized spacial score (nSPS) is 11.3. The van der Waals surface area contributed by atoms with Crippen LogP contribution in [-0.2, 0) is 4.79 Å². The summed E-state index contributed by atoms with van der Waals surface area (Å²) in [5.41, 5.74) is 2.92. The minimum Gasteiger partial charge on any atom is -0.298 e. The molecule has 0 aliphatic rings. The van der Waals surface area contributed by atoms with E-state index in [1.165, 1.54) is 5.56 Å². The van der Waals surface area contributed by atoms with Gasteiger partial charge < -0.3 is 0 Å². The minimum atomic E-state index is 0.749. The van der Waals surface area contributed by atoms with E-state index in [0.29, 0.717) is 0 Å². The lowest BCUT2D eigenvalue weighted by molar-refractivity contribution is -0.103. The first-order chi connectivity index (χ1) is 5.77. The van der Waals surface area contributed by atoms with E-state index in [2.05, 4.69) is 0 Å². The summed E-state index contributed by atoms with van der Waals surface area (Å²) in [6, 6.07) is 7.92. The quantitative estimate of drug-likeness (QED) is 0.480. The van der Waals surface area contributed by atoms with Gasteiger partial charge >= 0.3 is 0 Å². The first kappa shape index (κ1) is 8.72. The van der Waals surface area contributed by atoms with Gasteiger partial charge in [-0.2, -0.15) is 0 Å². The van der Waals surface area contributed by atoms with Crippen molar-refractivity contribution < 1.29 is 4.79 Å². The molecule has 1 nitrogen and oxygen atoms in total. The van der Waals surface area contributed by atoms with E-state index in [-0.39, 0.29) is 0 Å². The second kappa shape index (κ2) is 3.86. The lowest BCUT2D eigenvalue weighted by atomic mass is 10.1. The Hall–Kier alpha value is -1.37. The predicted octanol–water partition coefficient (Wildman–Crippen LogP) is 2.60. The molecule has 62 valence electrons. The second-order valence-electron chi connectivity index (χ2n) is 2.73. The lowest BCUT2D eigenvalue weighted by Crippen LogP contribution is -1.85. The topological polar surface area (TPSA) is 17.1 Å². The molecule has 0 spiro atoms. The van der Waals surface area contributed by atoms with Crippen LogP contribution in [0.4, 0.5) is 0 Å². The molecule has 0 bridgehead atoms. The Morgan fingerprint density at radius 1 is 1.42 bits per heavy atom. The second-order valence-corrected chi connectivity index (χ2v) is 2.73. The predicted molar refractivity (Wildman–Crippen MR) is 50.9 cm³/mol. The summed E-state index contributed by atoms with van der Waals surface area (Å²) in [5.74, 6) is 0. The van der Waals surface area contributed by atoms with Crippen LogP contribution in [0, 0.1) is 6.92 Å². The fourth-order valence-electron chi connectivity index (χ4n) is 1.13. The Morgan fingerprint density at radius 3 is 2.67 bits per heavy atom. The van der Waals surface area contributed by atoms with Crippen molar-refractivity contribution >= 4 is 11.9 Å². The Bertz CT molecular complexity index is 311. The van der Waals surface area contributed by atoms with E-state index in [1.54, 1.807) is 0 Å². The molecule has 0 aliphatic carbocycles. The molecular weight excluding hydrogens is 148 g/mol. The van der Waals surface area contributed by atoms with Gasteiger partial charge in [0.25, 0.3) is 0 Å². The van der Waals surface area contributed by atoms with Gasteiger partial charge in [0.1, 0.15) is 6.29 Å². The highest BCUT2D eigenvalue weighted by molar-refractivity contribution is 6.06. The highest BCUT2D eigenvalue weighted by Gasteiger charge is 1.97. The van der Waals surface area contributed by atoms with Gasteiger partial charge in [0, 0.05) is 5.57 Å². The van der Waals surface area contributed by atoms with Crippen molar-refractivity contribution in [2.45, 2.75) is 13.8 Å². The molecule has 1 aromatic rings. The third-order valence-electron chi connectivity index (χ3n) is 1.79. The van der Waals surface area contributed by atoms with Gasteiger partial charge in [0.15, 0.2) is 0 Å². The highest BCUT2D eigenvalue weighted by Crippen LogP contribution is 2.12. The number of aryl methyl sites for hydroxylation is 1. The van der Waals surface area contributed by atoms with Crippen molar-refractivity contribution in [3.05, 3.63) is 41.5 Å². The first-order valence-electron chi connectivity index (χ1n) is 3.96. The minimum absolute atomic E-state index is 0.749. The van der Waals surface area contributed by atoms with Gasteiger partial charge in [-0.3, -0.25) is 4.79 Å². The van der Waals surface area contributed by atoms with Gasteiger partial charge in [-0.05, 0) is 19.4 Å². The summed E-state index contributed by atoms with van der Waals surface area (Å²) in [7, 11) is 0. The van der Waals surface area contributed by atoms with Gasteiger partial charge in [0.2, 0.25) is 0 Å². The van der Waals surface area contributed by atoms with Crippen LogP contribution in [0.2, 0.25) is 0 Å². The van der Waals surface area contributed by atoms with Gasteiger partial charge in [0.05, 0.1) is 0 Å². The van der Waals surface area contributed by atoms with E-state index >= 15 is 0 Å².